The normalized spacial score (nSPS) is 16.5. The van der Waals surface area contributed by atoms with Gasteiger partial charge in [0, 0.05) is 90.2 Å². The minimum absolute atomic E-state index is 0. The number of ether oxygens (including phenoxy) is 2. The molecule has 4 aliphatic rings. The van der Waals surface area contributed by atoms with Crippen LogP contribution in [0.2, 0.25) is 0 Å². The number of hydrogen-bond donors (Lipinski definition) is 1. The van der Waals surface area contributed by atoms with Crippen molar-refractivity contribution in [2.45, 2.75) is 177 Å². The van der Waals surface area contributed by atoms with Gasteiger partial charge in [-0.3, -0.25) is 33.1 Å². The Morgan fingerprint density at radius 3 is 1.27 bits per heavy atom. The second-order valence-corrected chi connectivity index (χ2v) is 27.5. The summed E-state index contributed by atoms with van der Waals surface area (Å²) in [5.74, 6) is -0.395. The lowest BCUT2D eigenvalue weighted by Gasteiger charge is -2.41. The zero-order valence-corrected chi connectivity index (χ0v) is 58.1. The number of nitrogens with zero attached hydrogens (tertiary/aromatic N) is 7. The van der Waals surface area contributed by atoms with E-state index in [2.05, 4.69) is 102 Å². The molecule has 2 atom stereocenters. The number of phosphoric acid groups is 1. The Kier molecular flexibility index (Phi) is 29.2. The average molecular weight is 1340 g/mol. The molecule has 0 spiro atoms. The number of benzene rings is 4. The van der Waals surface area contributed by atoms with Crippen LogP contribution in [0.4, 0.5) is 0 Å². The first-order valence-corrected chi connectivity index (χ1v) is 34.7. The van der Waals surface area contributed by atoms with E-state index in [-0.39, 0.29) is 67.4 Å². The highest BCUT2D eigenvalue weighted by molar-refractivity contribution is 7.48. The van der Waals surface area contributed by atoms with Crippen LogP contribution < -0.4 is 0 Å². The molecule has 2 aromatic heterocycles. The van der Waals surface area contributed by atoms with Crippen LogP contribution in [-0.4, -0.2) is 105 Å². The Morgan fingerprint density at radius 2 is 0.947 bits per heavy atom. The molecule has 6 aromatic rings. The fraction of sp³-hybridized carbons (Fsp3) is 0.440. The first kappa shape index (κ1) is 75.3. The smallest absolute Gasteiger partial charge is 0.387 e. The molecular formula is C75H97N7O11P2. The maximum absolute atomic E-state index is 14.0. The number of aliphatic hydroxyl groups excluding tert-OH is 1. The molecule has 2 unspecified atom stereocenters. The van der Waals surface area contributed by atoms with Gasteiger partial charge < -0.3 is 33.4 Å². The number of hydrogen-bond acceptors (Lipinski definition) is 18. The first-order valence-electron chi connectivity index (χ1n) is 32.8. The van der Waals surface area contributed by atoms with Crippen LogP contribution >= 0.6 is 16.3 Å². The summed E-state index contributed by atoms with van der Waals surface area (Å²) in [5, 5.41) is 29.4. The quantitative estimate of drug-likeness (QED) is 0.0589. The third-order valence-corrected chi connectivity index (χ3v) is 20.4. The van der Waals surface area contributed by atoms with Crippen molar-refractivity contribution in [3.63, 3.8) is 0 Å². The second kappa shape index (κ2) is 36.8. The second-order valence-electron chi connectivity index (χ2n) is 24.4. The summed E-state index contributed by atoms with van der Waals surface area (Å²) in [6.45, 7) is 22.5. The Balaban J connectivity index is 0.000000236. The molecule has 18 nitrogen and oxygen atoms in total. The van der Waals surface area contributed by atoms with E-state index in [1.54, 1.807) is 47.4 Å². The van der Waals surface area contributed by atoms with Crippen LogP contribution in [0, 0.1) is 22.7 Å². The van der Waals surface area contributed by atoms with Crippen molar-refractivity contribution in [2.24, 2.45) is 0 Å². The lowest BCUT2D eigenvalue weighted by molar-refractivity contribution is -0.115. The summed E-state index contributed by atoms with van der Waals surface area (Å²) in [6.07, 6.45) is 5.23. The molecular weight excluding hydrogens is 1240 g/mol. The monoisotopic (exact) mass is 1330 g/mol. The summed E-state index contributed by atoms with van der Waals surface area (Å²) in [5.41, 5.74) is 9.34. The van der Waals surface area contributed by atoms with E-state index >= 15 is 0 Å². The van der Waals surface area contributed by atoms with Crippen molar-refractivity contribution < 1.29 is 52.7 Å². The molecule has 508 valence electrons. The summed E-state index contributed by atoms with van der Waals surface area (Å²) >= 11 is 0. The minimum atomic E-state index is -4.07. The highest BCUT2D eigenvalue weighted by Crippen LogP contribution is 2.55. The predicted molar refractivity (Wildman–Crippen MR) is 373 cm³/mol. The third kappa shape index (κ3) is 21.2. The highest BCUT2D eigenvalue weighted by Gasteiger charge is 2.39. The van der Waals surface area contributed by atoms with Gasteiger partial charge in [-0.05, 0) is 127 Å². The van der Waals surface area contributed by atoms with E-state index in [1.165, 1.54) is 11.1 Å². The topological polar surface area (TPSA) is 219 Å². The van der Waals surface area contributed by atoms with E-state index in [9.17, 15) is 29.8 Å². The minimum Gasteiger partial charge on any atom is -0.387 e. The Morgan fingerprint density at radius 1 is 0.611 bits per heavy atom. The number of piperidine rings is 2. The predicted octanol–water partition coefficient (Wildman–Crippen LogP) is 16.0. The number of methoxy groups -OCH3 is 2. The number of ketones is 2. The van der Waals surface area contributed by atoms with Gasteiger partial charge in [-0.15, -0.1) is 0 Å². The number of aromatic nitrogens is 2. The van der Waals surface area contributed by atoms with Crippen LogP contribution in [0.3, 0.4) is 0 Å². The van der Waals surface area contributed by atoms with Gasteiger partial charge in [0.05, 0.1) is 66.5 Å². The number of nitriles is 2. The number of phosphoric ester groups is 1. The number of carbonyl (C=O) groups is 2. The highest BCUT2D eigenvalue weighted by atomic mass is 31.2. The van der Waals surface area contributed by atoms with Gasteiger partial charge in [0.25, 0.3) is 8.53 Å². The molecule has 95 heavy (non-hydrogen) atoms. The van der Waals surface area contributed by atoms with Crippen molar-refractivity contribution in [3.05, 3.63) is 213 Å². The number of aliphatic hydroxyl groups is 1. The maximum Gasteiger partial charge on any atom is 0.476 e. The van der Waals surface area contributed by atoms with Crippen LogP contribution in [0.15, 0.2) is 157 Å². The molecule has 0 amide bonds. The first-order chi connectivity index (χ1) is 45.6. The van der Waals surface area contributed by atoms with Crippen molar-refractivity contribution in [2.75, 3.05) is 40.4 Å². The number of rotatable bonds is 23. The van der Waals surface area contributed by atoms with Gasteiger partial charge in [0.2, 0.25) is 0 Å². The Hall–Kier alpha value is -7.12. The zero-order chi connectivity index (χ0) is 68.7. The molecule has 1 N–H and O–H groups in total. The summed E-state index contributed by atoms with van der Waals surface area (Å²) < 4.78 is 63.8. The molecule has 0 bridgehead atoms. The van der Waals surface area contributed by atoms with E-state index in [4.69, 9.17) is 33.5 Å². The van der Waals surface area contributed by atoms with Crippen LogP contribution in [0.1, 0.15) is 172 Å². The van der Waals surface area contributed by atoms with Gasteiger partial charge in [-0.25, -0.2) is 9.24 Å². The lowest BCUT2D eigenvalue weighted by atomic mass is 9.86. The Bertz CT molecular complexity index is 3550. The average Bonchev–Trinajstić information content (AvgIpc) is 0.773. The van der Waals surface area contributed by atoms with E-state index in [1.807, 2.05) is 109 Å². The SMILES string of the molecule is C.CC(C)N(C(C)C)P(OCc1ccccc1)OCc1ccccc1.COC1(C)CCN(C2=C(C#N)C(=O)Cc3cnc(C(C)O)cc32)CC1.COC1(C)CCN(C2=C(C#N)C(=O)Cc3cnc(C(C)OP(=O)(OCc4ccccc4)OCc4ccccc4)cc32)CC1.[2H]CC. The fourth-order valence-corrected chi connectivity index (χ4v) is 14.2. The largest absolute Gasteiger partial charge is 0.476 e. The molecule has 10 rings (SSSR count). The lowest BCUT2D eigenvalue weighted by Crippen LogP contribution is -2.43. The summed E-state index contributed by atoms with van der Waals surface area (Å²) in [6, 6.07) is 47.9. The van der Waals surface area contributed by atoms with Crippen molar-refractivity contribution in [1.82, 2.24) is 24.4 Å². The van der Waals surface area contributed by atoms with E-state index < -0.39 is 28.6 Å². The van der Waals surface area contributed by atoms with Crippen LogP contribution in [-0.2, 0) is 85.5 Å². The number of carbonyl (C=O) groups excluding carboxylic acids is 2. The number of likely N-dealkylation sites (tertiary alicyclic amines) is 2. The number of Topliss-reactive ketones (excluding diaryl/α,β-unsaturated/α-hetero) is 2. The van der Waals surface area contributed by atoms with Crippen LogP contribution in [0.5, 0.6) is 0 Å². The molecule has 4 heterocycles. The fourth-order valence-electron chi connectivity index (χ4n) is 11.3. The molecule has 2 aliphatic carbocycles. The molecule has 0 saturated carbocycles. The van der Waals surface area contributed by atoms with E-state index in [0.717, 1.165) is 59.1 Å². The van der Waals surface area contributed by atoms with Gasteiger partial charge in [0.15, 0.2) is 11.6 Å². The molecule has 2 saturated heterocycles. The molecule has 0 radical (unpaired) electrons. The van der Waals surface area contributed by atoms with Crippen molar-refractivity contribution in [3.8, 4) is 12.1 Å². The Labute approximate surface area is 566 Å². The van der Waals surface area contributed by atoms with Crippen molar-refractivity contribution in [1.29, 1.82) is 10.5 Å². The van der Waals surface area contributed by atoms with Gasteiger partial charge in [-0.2, -0.15) is 10.5 Å². The number of fused-ring (bicyclic) bond motifs is 2. The molecule has 2 aliphatic heterocycles. The maximum atomic E-state index is 14.0. The van der Waals surface area contributed by atoms with Gasteiger partial charge in [-0.1, -0.05) is 143 Å². The van der Waals surface area contributed by atoms with Gasteiger partial charge in [0.1, 0.15) is 29.4 Å². The molecule has 4 aromatic carbocycles. The van der Waals surface area contributed by atoms with E-state index in [0.29, 0.717) is 81.2 Å². The summed E-state index contributed by atoms with van der Waals surface area (Å²) in [4.78, 5) is 38.4. The number of allylic oxidation sites excluding steroid dienone is 2. The standard InChI is InChI=1S/C33H36N3O6P.C20H28NO2P.C19H23N3O3.C2H6.CH4/c1-24(42-43(38,40-22-25-10-6-4-7-11-25)41-23-26-12-8-5-9-13-26)30-19-28-27(21-35-30)18-31(37)29(20-34)32(28)36-16-14-33(2,39-3)15-17-36;1-17(2)21(18(3)4)24(22-15-19-11-7-5-8-12-19)23-16-20-13-9-6-10-14-20;1-12(23)16-9-14-13(11-21-16)8-17(24)15(10-20)18(14)22-6-4-19(2,25-3)5-7-22;1-2;/h4-13,19,21,24H,14-18,22-23H2,1-3H3;5-14,17-18H,15-16H2,1-4H3;9,11-12,23H,4-8H2,1-3H3;1-2H3;1H4/i;;;1D;. The number of pyridine rings is 2. The van der Waals surface area contributed by atoms with Crippen LogP contribution in [0.25, 0.3) is 11.4 Å². The van der Waals surface area contributed by atoms with Crippen molar-refractivity contribution >= 4 is 39.3 Å². The molecule has 2 fully saturated rings. The van der Waals surface area contributed by atoms with Gasteiger partial charge >= 0.3 is 7.82 Å². The summed E-state index contributed by atoms with van der Waals surface area (Å²) in [7, 11) is -1.76. The zero-order valence-electron chi connectivity index (χ0n) is 57.3. The third-order valence-electron chi connectivity index (χ3n) is 17.0. The molecule has 20 heteroatoms.